The molecule has 0 unspecified atom stereocenters. The Balaban J connectivity index is 1.79. The fourth-order valence-corrected chi connectivity index (χ4v) is 2.84. The average molecular weight is 311 g/mol. The number of halogens is 1. The fourth-order valence-electron chi connectivity index (χ4n) is 2.59. The van der Waals surface area contributed by atoms with Gasteiger partial charge in [0.25, 0.3) is 0 Å². The number of methoxy groups -OCH3 is 1. The van der Waals surface area contributed by atoms with Gasteiger partial charge < -0.3 is 15.0 Å². The van der Waals surface area contributed by atoms with E-state index in [-0.39, 0.29) is 5.91 Å². The second kappa shape index (κ2) is 8.25. The van der Waals surface area contributed by atoms with E-state index in [2.05, 4.69) is 10.2 Å². The maximum absolute atomic E-state index is 12.0. The molecule has 1 aliphatic rings. The van der Waals surface area contributed by atoms with Crippen LogP contribution in [0.1, 0.15) is 32.1 Å². The van der Waals surface area contributed by atoms with Crippen LogP contribution in [0.2, 0.25) is 5.02 Å². The number of hydrogen-bond donors (Lipinski definition) is 1. The zero-order chi connectivity index (χ0) is 15.1. The third kappa shape index (κ3) is 5.21. The molecule has 0 radical (unpaired) electrons. The van der Waals surface area contributed by atoms with E-state index in [1.165, 1.54) is 25.7 Å². The van der Waals surface area contributed by atoms with Crippen molar-refractivity contribution >= 4 is 23.2 Å². The van der Waals surface area contributed by atoms with E-state index in [4.69, 9.17) is 16.3 Å². The van der Waals surface area contributed by atoms with E-state index in [1.54, 1.807) is 25.3 Å². The Morgan fingerprint density at radius 2 is 2.00 bits per heavy atom. The molecule has 1 amide bonds. The first kappa shape index (κ1) is 16.1. The van der Waals surface area contributed by atoms with Gasteiger partial charge in [-0.05, 0) is 44.1 Å². The van der Waals surface area contributed by atoms with Crippen molar-refractivity contribution in [2.75, 3.05) is 32.1 Å². The molecule has 1 aromatic carbocycles. The molecule has 1 heterocycles. The van der Waals surface area contributed by atoms with Crippen molar-refractivity contribution in [2.45, 2.75) is 32.1 Å². The molecule has 0 spiro atoms. The zero-order valence-electron chi connectivity index (χ0n) is 12.5. The number of anilines is 1. The Bertz CT molecular complexity index is 471. The summed E-state index contributed by atoms with van der Waals surface area (Å²) >= 11 is 6.05. The lowest BCUT2D eigenvalue weighted by Crippen LogP contribution is -2.28. The van der Waals surface area contributed by atoms with Gasteiger partial charge in [-0.25, -0.2) is 0 Å². The maximum Gasteiger partial charge on any atom is 0.225 e. The summed E-state index contributed by atoms with van der Waals surface area (Å²) in [5.74, 6) is 0.639. The summed E-state index contributed by atoms with van der Waals surface area (Å²) in [6.45, 7) is 3.05. The van der Waals surface area contributed by atoms with Gasteiger partial charge in [0.2, 0.25) is 5.91 Å². The van der Waals surface area contributed by atoms with Crippen LogP contribution in [0.15, 0.2) is 18.2 Å². The number of carbonyl (C=O) groups is 1. The number of rotatable bonds is 5. The van der Waals surface area contributed by atoms with Crippen LogP contribution in [0.4, 0.5) is 5.69 Å². The molecule has 4 nitrogen and oxygen atoms in total. The third-order valence-electron chi connectivity index (χ3n) is 3.79. The van der Waals surface area contributed by atoms with Gasteiger partial charge >= 0.3 is 0 Å². The quantitative estimate of drug-likeness (QED) is 0.904. The number of nitrogens with zero attached hydrogens (tertiary/aromatic N) is 1. The van der Waals surface area contributed by atoms with E-state index in [0.717, 1.165) is 19.6 Å². The summed E-state index contributed by atoms with van der Waals surface area (Å²) < 4.78 is 5.09. The number of carbonyl (C=O) groups excluding carboxylic acids is 1. The minimum Gasteiger partial charge on any atom is -0.495 e. The van der Waals surface area contributed by atoms with Gasteiger partial charge in [0.15, 0.2) is 0 Å². The van der Waals surface area contributed by atoms with E-state index in [1.807, 2.05) is 0 Å². The highest BCUT2D eigenvalue weighted by Crippen LogP contribution is 2.27. The number of likely N-dealkylation sites (tertiary alicyclic amines) is 1. The van der Waals surface area contributed by atoms with Gasteiger partial charge in [0, 0.05) is 18.7 Å². The molecule has 116 valence electrons. The van der Waals surface area contributed by atoms with E-state index in [0.29, 0.717) is 22.9 Å². The monoisotopic (exact) mass is 310 g/mol. The van der Waals surface area contributed by atoms with Gasteiger partial charge in [-0.2, -0.15) is 0 Å². The van der Waals surface area contributed by atoms with Crippen molar-refractivity contribution in [2.24, 2.45) is 0 Å². The smallest absolute Gasteiger partial charge is 0.225 e. The molecular formula is C16H23ClN2O2. The summed E-state index contributed by atoms with van der Waals surface area (Å²) in [5.41, 5.74) is 0.710. The van der Waals surface area contributed by atoms with Crippen LogP contribution in [-0.4, -0.2) is 37.6 Å². The van der Waals surface area contributed by atoms with Gasteiger partial charge in [-0.15, -0.1) is 0 Å². The summed E-state index contributed by atoms with van der Waals surface area (Å²) in [4.78, 5) is 14.4. The third-order valence-corrected chi connectivity index (χ3v) is 4.08. The Morgan fingerprint density at radius 1 is 1.29 bits per heavy atom. The Labute approximate surface area is 131 Å². The summed E-state index contributed by atoms with van der Waals surface area (Å²) in [6.07, 6.45) is 5.63. The molecule has 0 atom stereocenters. The SMILES string of the molecule is COc1ccc(NC(=O)CCN2CCCCCC2)cc1Cl. The second-order valence-corrected chi connectivity index (χ2v) is 5.81. The van der Waals surface area contributed by atoms with Crippen molar-refractivity contribution in [3.63, 3.8) is 0 Å². The molecular weight excluding hydrogens is 288 g/mol. The highest BCUT2D eigenvalue weighted by atomic mass is 35.5. The van der Waals surface area contributed by atoms with Crippen LogP contribution >= 0.6 is 11.6 Å². The molecule has 0 aromatic heterocycles. The predicted molar refractivity (Wildman–Crippen MR) is 86.2 cm³/mol. The number of benzene rings is 1. The number of nitrogens with one attached hydrogen (secondary N) is 1. The molecule has 0 aliphatic carbocycles. The lowest BCUT2D eigenvalue weighted by atomic mass is 10.2. The Hall–Kier alpha value is -1.26. The highest BCUT2D eigenvalue weighted by Gasteiger charge is 2.11. The molecule has 1 fully saturated rings. The summed E-state index contributed by atoms with van der Waals surface area (Å²) in [7, 11) is 1.57. The lowest BCUT2D eigenvalue weighted by molar-refractivity contribution is -0.116. The van der Waals surface area contributed by atoms with Crippen molar-refractivity contribution in [3.8, 4) is 5.75 Å². The average Bonchev–Trinajstić information content (AvgIpc) is 2.74. The van der Waals surface area contributed by atoms with Crippen LogP contribution in [0.5, 0.6) is 5.75 Å². The molecule has 1 saturated heterocycles. The molecule has 0 saturated carbocycles. The van der Waals surface area contributed by atoms with Crippen LogP contribution in [0, 0.1) is 0 Å². The first-order valence-corrected chi connectivity index (χ1v) is 7.92. The van der Waals surface area contributed by atoms with Gasteiger partial charge in [0.1, 0.15) is 5.75 Å². The lowest BCUT2D eigenvalue weighted by Gasteiger charge is -2.19. The summed E-state index contributed by atoms with van der Waals surface area (Å²) in [5, 5.41) is 3.39. The van der Waals surface area contributed by atoms with E-state index < -0.39 is 0 Å². The van der Waals surface area contributed by atoms with Crippen molar-refractivity contribution in [1.82, 2.24) is 4.90 Å². The molecule has 21 heavy (non-hydrogen) atoms. The zero-order valence-corrected chi connectivity index (χ0v) is 13.3. The van der Waals surface area contributed by atoms with Crippen LogP contribution in [0.3, 0.4) is 0 Å². The molecule has 2 rings (SSSR count). The van der Waals surface area contributed by atoms with Crippen LogP contribution in [-0.2, 0) is 4.79 Å². The van der Waals surface area contributed by atoms with Crippen LogP contribution in [0.25, 0.3) is 0 Å². The minimum atomic E-state index is 0.0282. The van der Waals surface area contributed by atoms with Gasteiger partial charge in [-0.3, -0.25) is 4.79 Å². The Kier molecular flexibility index (Phi) is 6.33. The predicted octanol–water partition coefficient (Wildman–Crippen LogP) is 3.55. The standard InChI is InChI=1S/C16H23ClN2O2/c1-21-15-7-6-13(12-14(15)17)18-16(20)8-11-19-9-4-2-3-5-10-19/h6-7,12H,2-5,8-11H2,1H3,(H,18,20). The van der Waals surface area contributed by atoms with E-state index >= 15 is 0 Å². The molecule has 5 heteroatoms. The summed E-state index contributed by atoms with van der Waals surface area (Å²) in [6, 6.07) is 5.27. The molecule has 1 aromatic rings. The molecule has 1 aliphatic heterocycles. The van der Waals surface area contributed by atoms with Crippen molar-refractivity contribution < 1.29 is 9.53 Å². The number of amides is 1. The van der Waals surface area contributed by atoms with Crippen LogP contribution < -0.4 is 10.1 Å². The topological polar surface area (TPSA) is 41.6 Å². The highest BCUT2D eigenvalue weighted by molar-refractivity contribution is 6.32. The fraction of sp³-hybridized carbons (Fsp3) is 0.562. The minimum absolute atomic E-state index is 0.0282. The molecule has 0 bridgehead atoms. The van der Waals surface area contributed by atoms with Crippen molar-refractivity contribution in [1.29, 1.82) is 0 Å². The van der Waals surface area contributed by atoms with E-state index in [9.17, 15) is 4.79 Å². The second-order valence-electron chi connectivity index (χ2n) is 5.40. The van der Waals surface area contributed by atoms with Crippen molar-refractivity contribution in [3.05, 3.63) is 23.2 Å². The maximum atomic E-state index is 12.0. The number of ether oxygens (including phenoxy) is 1. The number of hydrogen-bond acceptors (Lipinski definition) is 3. The normalized spacial score (nSPS) is 16.3. The Morgan fingerprint density at radius 3 is 2.62 bits per heavy atom. The largest absolute Gasteiger partial charge is 0.495 e. The first-order chi connectivity index (χ1) is 10.2. The molecule has 1 N–H and O–H groups in total. The first-order valence-electron chi connectivity index (χ1n) is 7.55. The van der Waals surface area contributed by atoms with Gasteiger partial charge in [-0.1, -0.05) is 24.4 Å². The van der Waals surface area contributed by atoms with Gasteiger partial charge in [0.05, 0.1) is 12.1 Å².